The molecule has 3 heterocycles. The molecule has 0 atom stereocenters. The van der Waals surface area contributed by atoms with E-state index in [4.69, 9.17) is 10.4 Å². The minimum atomic E-state index is -0.981. The van der Waals surface area contributed by atoms with Gasteiger partial charge in [-0.3, -0.25) is 4.79 Å². The Hall–Kier alpha value is -4.44. The van der Waals surface area contributed by atoms with Gasteiger partial charge in [-0.05, 0) is 59.5 Å². The first kappa shape index (κ1) is 21.4. The number of carboxylic acid groups (broad SMARTS) is 1. The van der Waals surface area contributed by atoms with Crippen LogP contribution < -0.4 is 0 Å². The number of carbonyl (C=O) groups is 2. The number of hydrogen-bond donors (Lipinski definition) is 1. The minimum absolute atomic E-state index is 0.0110. The highest BCUT2D eigenvalue weighted by Gasteiger charge is 2.27. The van der Waals surface area contributed by atoms with E-state index in [0.717, 1.165) is 34.3 Å². The molecule has 7 heteroatoms. The highest BCUT2D eigenvalue weighted by Crippen LogP contribution is 2.31. The highest BCUT2D eigenvalue weighted by atomic mass is 16.4. The van der Waals surface area contributed by atoms with Crippen molar-refractivity contribution in [2.75, 3.05) is 6.54 Å². The molecule has 2 aromatic carbocycles. The Bertz CT molecular complexity index is 1430. The summed E-state index contributed by atoms with van der Waals surface area (Å²) < 4.78 is 2.17. The maximum absolute atomic E-state index is 13.1. The van der Waals surface area contributed by atoms with Gasteiger partial charge in [0.25, 0.3) is 0 Å². The van der Waals surface area contributed by atoms with E-state index in [1.165, 1.54) is 17.7 Å². The lowest BCUT2D eigenvalue weighted by molar-refractivity contribution is -0.131. The van der Waals surface area contributed by atoms with Gasteiger partial charge in [-0.2, -0.15) is 5.26 Å². The lowest BCUT2D eigenvalue weighted by Gasteiger charge is -2.29. The second-order valence-electron chi connectivity index (χ2n) is 8.44. The van der Waals surface area contributed by atoms with Crippen LogP contribution in [0.4, 0.5) is 0 Å². The minimum Gasteiger partial charge on any atom is -0.478 e. The summed E-state index contributed by atoms with van der Waals surface area (Å²) in [6.45, 7) is 1.73. The summed E-state index contributed by atoms with van der Waals surface area (Å²) in [5.41, 5.74) is 5.89. The summed E-state index contributed by atoms with van der Waals surface area (Å²) in [6.07, 6.45) is 2.76. The van der Waals surface area contributed by atoms with Crippen molar-refractivity contribution in [3.63, 3.8) is 0 Å². The number of amides is 1. The van der Waals surface area contributed by atoms with Crippen LogP contribution >= 0.6 is 0 Å². The topological polar surface area (TPSA) is 99.2 Å². The fourth-order valence-corrected chi connectivity index (χ4v) is 4.56. The van der Waals surface area contributed by atoms with Gasteiger partial charge < -0.3 is 14.6 Å². The van der Waals surface area contributed by atoms with E-state index in [0.29, 0.717) is 25.2 Å². The van der Waals surface area contributed by atoms with Crippen molar-refractivity contribution >= 4 is 22.9 Å². The van der Waals surface area contributed by atoms with Crippen LogP contribution in [0.15, 0.2) is 66.9 Å². The average molecular weight is 450 g/mol. The molecule has 168 valence electrons. The molecule has 34 heavy (non-hydrogen) atoms. The number of rotatable bonds is 5. The Morgan fingerprint density at radius 1 is 1.03 bits per heavy atom. The van der Waals surface area contributed by atoms with E-state index < -0.39 is 5.97 Å². The quantitative estimate of drug-likeness (QED) is 0.499. The largest absolute Gasteiger partial charge is 0.478 e. The van der Waals surface area contributed by atoms with Crippen molar-refractivity contribution in [1.29, 1.82) is 5.26 Å². The lowest BCUT2D eigenvalue weighted by Crippen LogP contribution is -2.37. The Labute approximate surface area is 196 Å². The number of aromatic carboxylic acids is 1. The molecule has 4 aromatic rings. The molecule has 2 aromatic heterocycles. The number of nitrogens with zero attached hydrogens (tertiary/aromatic N) is 4. The molecule has 7 nitrogen and oxygen atoms in total. The first-order valence-electron chi connectivity index (χ1n) is 11.1. The Morgan fingerprint density at radius 2 is 1.76 bits per heavy atom. The fraction of sp³-hybridized carbons (Fsp3) is 0.185. The lowest BCUT2D eigenvalue weighted by atomic mass is 10.0. The number of hydrogen-bond acceptors (Lipinski definition) is 4. The van der Waals surface area contributed by atoms with Gasteiger partial charge in [0.1, 0.15) is 5.65 Å². The summed E-state index contributed by atoms with van der Waals surface area (Å²) in [6, 6.07) is 20.1. The molecule has 0 radical (unpaired) electrons. The van der Waals surface area contributed by atoms with Gasteiger partial charge in [-0.15, -0.1) is 0 Å². The zero-order valence-corrected chi connectivity index (χ0v) is 18.4. The molecule has 0 spiro atoms. The first-order valence-corrected chi connectivity index (χ1v) is 11.1. The predicted molar refractivity (Wildman–Crippen MR) is 126 cm³/mol. The van der Waals surface area contributed by atoms with Crippen LogP contribution in [0.3, 0.4) is 0 Å². The van der Waals surface area contributed by atoms with E-state index in [1.54, 1.807) is 18.3 Å². The number of carbonyl (C=O) groups excluding carboxylic acids is 1. The number of carboxylic acids is 1. The summed E-state index contributed by atoms with van der Waals surface area (Å²) in [7, 11) is 0. The SMILES string of the molecule is N#Cc1ccc(Cn2c3c(c4cccnc42)CCN(C(=O)Cc2ccc(C(=O)O)cc2)C3)cc1. The van der Waals surface area contributed by atoms with Gasteiger partial charge in [-0.1, -0.05) is 24.3 Å². The summed E-state index contributed by atoms with van der Waals surface area (Å²) in [5.74, 6) is -0.970. The van der Waals surface area contributed by atoms with E-state index in [9.17, 15) is 9.59 Å². The van der Waals surface area contributed by atoms with Gasteiger partial charge in [-0.25, -0.2) is 9.78 Å². The molecule has 5 rings (SSSR count). The molecule has 1 amide bonds. The van der Waals surface area contributed by atoms with E-state index in [2.05, 4.69) is 21.7 Å². The molecule has 1 N–H and O–H groups in total. The maximum Gasteiger partial charge on any atom is 0.335 e. The van der Waals surface area contributed by atoms with Crippen LogP contribution in [0.5, 0.6) is 0 Å². The second kappa shape index (κ2) is 8.83. The van der Waals surface area contributed by atoms with Crippen LogP contribution in [0.25, 0.3) is 11.0 Å². The van der Waals surface area contributed by atoms with Crippen molar-refractivity contribution in [1.82, 2.24) is 14.5 Å². The van der Waals surface area contributed by atoms with Gasteiger partial charge in [0.2, 0.25) is 5.91 Å². The molecule has 0 saturated carbocycles. The first-order chi connectivity index (χ1) is 16.5. The molecule has 0 saturated heterocycles. The van der Waals surface area contributed by atoms with Crippen LogP contribution in [0.2, 0.25) is 0 Å². The molecular weight excluding hydrogens is 428 g/mol. The van der Waals surface area contributed by atoms with Gasteiger partial charge in [0.15, 0.2) is 0 Å². The average Bonchev–Trinajstić information content (AvgIpc) is 3.17. The normalized spacial score (nSPS) is 12.9. The number of fused-ring (bicyclic) bond motifs is 3. The summed E-state index contributed by atoms with van der Waals surface area (Å²) >= 11 is 0. The summed E-state index contributed by atoms with van der Waals surface area (Å²) in [4.78, 5) is 30.7. The van der Waals surface area contributed by atoms with Crippen molar-refractivity contribution in [3.05, 3.63) is 100 Å². The third-order valence-electron chi connectivity index (χ3n) is 6.35. The number of pyridine rings is 1. The van der Waals surface area contributed by atoms with Crippen molar-refractivity contribution in [2.45, 2.75) is 25.9 Å². The summed E-state index contributed by atoms with van der Waals surface area (Å²) in [5, 5.41) is 19.3. The molecule has 1 aliphatic rings. The molecular formula is C27H22N4O3. The number of nitriles is 1. The van der Waals surface area contributed by atoms with Crippen molar-refractivity contribution < 1.29 is 14.7 Å². The van der Waals surface area contributed by atoms with Crippen LogP contribution in [-0.4, -0.2) is 38.0 Å². The van der Waals surface area contributed by atoms with Crippen LogP contribution in [-0.2, 0) is 30.7 Å². The maximum atomic E-state index is 13.1. The monoisotopic (exact) mass is 450 g/mol. The molecule has 0 bridgehead atoms. The third-order valence-corrected chi connectivity index (χ3v) is 6.35. The number of aromatic nitrogens is 2. The van der Waals surface area contributed by atoms with Crippen molar-refractivity contribution in [2.24, 2.45) is 0 Å². The van der Waals surface area contributed by atoms with E-state index in [-0.39, 0.29) is 17.9 Å². The fourth-order valence-electron chi connectivity index (χ4n) is 4.56. The second-order valence-corrected chi connectivity index (χ2v) is 8.44. The van der Waals surface area contributed by atoms with Gasteiger partial charge in [0.05, 0.1) is 30.2 Å². The molecule has 1 aliphatic heterocycles. The Morgan fingerprint density at radius 3 is 2.47 bits per heavy atom. The highest BCUT2D eigenvalue weighted by molar-refractivity contribution is 5.88. The Kier molecular flexibility index (Phi) is 5.56. The van der Waals surface area contributed by atoms with E-state index in [1.807, 2.05) is 35.2 Å². The van der Waals surface area contributed by atoms with Crippen molar-refractivity contribution in [3.8, 4) is 6.07 Å². The van der Waals surface area contributed by atoms with Gasteiger partial charge in [0, 0.05) is 30.4 Å². The predicted octanol–water partition coefficient (Wildman–Crippen LogP) is 3.78. The Balaban J connectivity index is 1.42. The van der Waals surface area contributed by atoms with Gasteiger partial charge >= 0.3 is 5.97 Å². The molecule has 0 unspecified atom stereocenters. The smallest absolute Gasteiger partial charge is 0.335 e. The molecule has 0 fully saturated rings. The zero-order chi connectivity index (χ0) is 23.7. The standard InChI is InChI=1S/C27H22N4O3/c28-15-19-3-5-20(6-4-19)16-31-24-17-30(13-11-22(24)23-2-1-12-29-26(23)31)25(32)14-18-7-9-21(10-8-18)27(33)34/h1-10,12H,11,13-14,16-17H2,(H,33,34). The third kappa shape index (κ3) is 4.02. The van der Waals surface area contributed by atoms with Crippen LogP contribution in [0, 0.1) is 11.3 Å². The zero-order valence-electron chi connectivity index (χ0n) is 18.4. The van der Waals surface area contributed by atoms with E-state index >= 15 is 0 Å². The van der Waals surface area contributed by atoms with Crippen LogP contribution in [0.1, 0.15) is 38.3 Å². The molecule has 0 aliphatic carbocycles. The number of benzene rings is 2.